The van der Waals surface area contributed by atoms with E-state index in [2.05, 4.69) is 0 Å². The lowest BCUT2D eigenvalue weighted by atomic mass is 9.91. The van der Waals surface area contributed by atoms with Crippen molar-refractivity contribution in [3.05, 3.63) is 65.7 Å². The van der Waals surface area contributed by atoms with Crippen LogP contribution in [-0.4, -0.2) is 29.9 Å². The summed E-state index contributed by atoms with van der Waals surface area (Å²) in [6.07, 6.45) is 0. The largest absolute Gasteiger partial charge is 0.491 e. The minimum atomic E-state index is -0.730. The molecule has 0 radical (unpaired) electrons. The summed E-state index contributed by atoms with van der Waals surface area (Å²) < 4.78 is 5.24. The van der Waals surface area contributed by atoms with Gasteiger partial charge >= 0.3 is 0 Å². The molecule has 2 rings (SSSR count). The summed E-state index contributed by atoms with van der Waals surface area (Å²) >= 11 is 0. The van der Waals surface area contributed by atoms with Crippen LogP contribution in [-0.2, 0) is 0 Å². The Morgan fingerprint density at radius 1 is 0.955 bits per heavy atom. The summed E-state index contributed by atoms with van der Waals surface area (Å²) in [6.45, 7) is 1.76. The molecule has 2 aromatic rings. The Hall–Kier alpha value is -2.46. The predicted molar refractivity (Wildman–Crippen MR) is 83.3 cm³/mol. The molecule has 0 aromatic heterocycles. The third kappa shape index (κ3) is 3.80. The molecule has 0 spiro atoms. The molecule has 1 unspecified atom stereocenters. The number of ketones is 2. The molecule has 22 heavy (non-hydrogen) atoms. The summed E-state index contributed by atoms with van der Waals surface area (Å²) in [5.74, 6) is -0.562. The van der Waals surface area contributed by atoms with Gasteiger partial charge in [-0.3, -0.25) is 9.59 Å². The Morgan fingerprint density at radius 2 is 1.50 bits per heavy atom. The van der Waals surface area contributed by atoms with E-state index >= 15 is 0 Å². The molecule has 1 atom stereocenters. The lowest BCUT2D eigenvalue weighted by molar-refractivity contribution is 0.0820. The van der Waals surface area contributed by atoms with Gasteiger partial charge < -0.3 is 9.84 Å². The Balaban J connectivity index is 2.08. The summed E-state index contributed by atoms with van der Waals surface area (Å²) in [6, 6.07) is 15.4. The van der Waals surface area contributed by atoms with E-state index in [-0.39, 0.29) is 24.8 Å². The van der Waals surface area contributed by atoms with Crippen molar-refractivity contribution < 1.29 is 19.4 Å². The molecule has 0 bridgehead atoms. The van der Waals surface area contributed by atoms with Gasteiger partial charge in [-0.2, -0.15) is 0 Å². The van der Waals surface area contributed by atoms with E-state index in [9.17, 15) is 9.59 Å². The second-order valence-electron chi connectivity index (χ2n) is 4.91. The lowest BCUT2D eigenvalue weighted by Crippen LogP contribution is -2.21. The van der Waals surface area contributed by atoms with Crippen molar-refractivity contribution in [3.63, 3.8) is 0 Å². The molecular weight excluding hydrogens is 280 g/mol. The van der Waals surface area contributed by atoms with Crippen molar-refractivity contribution >= 4 is 11.6 Å². The zero-order valence-electron chi connectivity index (χ0n) is 12.4. The van der Waals surface area contributed by atoms with Crippen LogP contribution >= 0.6 is 0 Å². The smallest absolute Gasteiger partial charge is 0.173 e. The molecule has 0 fully saturated rings. The molecule has 0 saturated carbocycles. The quantitative estimate of drug-likeness (QED) is 0.630. The number of ether oxygens (including phenoxy) is 1. The first-order valence-corrected chi connectivity index (χ1v) is 7.10. The standard InChI is InChI=1S/C18H18O4/c1-13(17(20)14-5-3-2-4-6-14)18(21)15-7-9-16(10-8-15)22-12-11-19/h2-10,13,19H,11-12H2,1H3. The second kappa shape index (κ2) is 7.52. The molecular formula is C18H18O4. The SMILES string of the molecule is CC(C(=O)c1ccccc1)C(=O)c1ccc(OCCO)cc1. The molecule has 0 heterocycles. The van der Waals surface area contributed by atoms with E-state index < -0.39 is 5.92 Å². The first-order chi connectivity index (χ1) is 10.6. The first kappa shape index (κ1) is 15.9. The molecule has 1 N–H and O–H groups in total. The minimum Gasteiger partial charge on any atom is -0.491 e. The third-order valence-electron chi connectivity index (χ3n) is 3.34. The van der Waals surface area contributed by atoms with Crippen molar-refractivity contribution in [2.45, 2.75) is 6.92 Å². The molecule has 0 amide bonds. The Labute approximate surface area is 129 Å². The number of hydrogen-bond donors (Lipinski definition) is 1. The van der Waals surface area contributed by atoms with Crippen LogP contribution in [0.1, 0.15) is 27.6 Å². The number of carbonyl (C=O) groups excluding carboxylic acids is 2. The van der Waals surface area contributed by atoms with Crippen LogP contribution in [0.5, 0.6) is 5.75 Å². The van der Waals surface area contributed by atoms with Crippen molar-refractivity contribution in [2.75, 3.05) is 13.2 Å². The van der Waals surface area contributed by atoms with Crippen LogP contribution in [0.2, 0.25) is 0 Å². The van der Waals surface area contributed by atoms with Gasteiger partial charge in [0, 0.05) is 11.1 Å². The number of aliphatic hydroxyl groups is 1. The van der Waals surface area contributed by atoms with Gasteiger partial charge in [0.05, 0.1) is 12.5 Å². The van der Waals surface area contributed by atoms with E-state index in [1.165, 1.54) is 0 Å². The van der Waals surface area contributed by atoms with Crippen molar-refractivity contribution in [2.24, 2.45) is 5.92 Å². The van der Waals surface area contributed by atoms with Crippen LogP contribution in [0.3, 0.4) is 0 Å². The molecule has 0 aliphatic rings. The van der Waals surface area contributed by atoms with Crippen LogP contribution in [0.15, 0.2) is 54.6 Å². The maximum absolute atomic E-state index is 12.4. The zero-order chi connectivity index (χ0) is 15.9. The average molecular weight is 298 g/mol. The molecule has 0 aliphatic heterocycles. The number of hydrogen-bond acceptors (Lipinski definition) is 4. The fourth-order valence-corrected chi connectivity index (χ4v) is 2.10. The highest BCUT2D eigenvalue weighted by Crippen LogP contribution is 2.18. The fourth-order valence-electron chi connectivity index (χ4n) is 2.10. The molecule has 4 heteroatoms. The summed E-state index contributed by atoms with van der Waals surface area (Å²) in [5.41, 5.74) is 0.999. The van der Waals surface area contributed by atoms with Crippen molar-refractivity contribution in [1.82, 2.24) is 0 Å². The minimum absolute atomic E-state index is 0.0662. The van der Waals surface area contributed by atoms with Crippen LogP contribution in [0.4, 0.5) is 0 Å². The van der Waals surface area contributed by atoms with Crippen LogP contribution < -0.4 is 4.74 Å². The lowest BCUT2D eigenvalue weighted by Gasteiger charge is -2.10. The highest BCUT2D eigenvalue weighted by molar-refractivity contribution is 6.15. The normalized spacial score (nSPS) is 11.7. The fraction of sp³-hybridized carbons (Fsp3) is 0.222. The van der Waals surface area contributed by atoms with Gasteiger partial charge in [0.25, 0.3) is 0 Å². The number of rotatable bonds is 7. The molecule has 0 aliphatic carbocycles. The van der Waals surface area contributed by atoms with Gasteiger partial charge in [0.1, 0.15) is 12.4 Å². The van der Waals surface area contributed by atoms with Crippen molar-refractivity contribution in [1.29, 1.82) is 0 Å². The van der Waals surface area contributed by atoms with Crippen LogP contribution in [0.25, 0.3) is 0 Å². The number of aliphatic hydroxyl groups excluding tert-OH is 1. The first-order valence-electron chi connectivity index (χ1n) is 7.10. The number of Topliss-reactive ketones (excluding diaryl/α,β-unsaturated/α-hetero) is 2. The maximum Gasteiger partial charge on any atom is 0.173 e. The molecule has 4 nitrogen and oxygen atoms in total. The van der Waals surface area contributed by atoms with E-state index in [4.69, 9.17) is 9.84 Å². The van der Waals surface area contributed by atoms with E-state index in [1.807, 2.05) is 6.07 Å². The average Bonchev–Trinajstić information content (AvgIpc) is 2.59. The van der Waals surface area contributed by atoms with Crippen molar-refractivity contribution in [3.8, 4) is 5.75 Å². The third-order valence-corrected chi connectivity index (χ3v) is 3.34. The van der Waals surface area contributed by atoms with Gasteiger partial charge in [0.15, 0.2) is 11.6 Å². The second-order valence-corrected chi connectivity index (χ2v) is 4.91. The Morgan fingerprint density at radius 3 is 2.05 bits per heavy atom. The highest BCUT2D eigenvalue weighted by atomic mass is 16.5. The molecule has 2 aromatic carbocycles. The Kier molecular flexibility index (Phi) is 5.44. The summed E-state index contributed by atoms with van der Waals surface area (Å²) in [7, 11) is 0. The number of benzene rings is 2. The number of carbonyl (C=O) groups is 2. The predicted octanol–water partition coefficient (Wildman–Crippen LogP) is 2.76. The van der Waals surface area contributed by atoms with Gasteiger partial charge in [-0.15, -0.1) is 0 Å². The Bertz CT molecular complexity index is 632. The van der Waals surface area contributed by atoms with Gasteiger partial charge in [-0.25, -0.2) is 0 Å². The summed E-state index contributed by atoms with van der Waals surface area (Å²) in [4.78, 5) is 24.7. The van der Waals surface area contributed by atoms with E-state index in [0.717, 1.165) is 0 Å². The van der Waals surface area contributed by atoms with Crippen LogP contribution in [0, 0.1) is 5.92 Å². The topological polar surface area (TPSA) is 63.6 Å². The van der Waals surface area contributed by atoms with Gasteiger partial charge in [0.2, 0.25) is 0 Å². The van der Waals surface area contributed by atoms with Gasteiger partial charge in [-0.05, 0) is 31.2 Å². The van der Waals surface area contributed by atoms with E-state index in [0.29, 0.717) is 16.9 Å². The summed E-state index contributed by atoms with van der Waals surface area (Å²) in [5, 5.41) is 8.70. The zero-order valence-corrected chi connectivity index (χ0v) is 12.4. The van der Waals surface area contributed by atoms with Gasteiger partial charge in [-0.1, -0.05) is 30.3 Å². The van der Waals surface area contributed by atoms with E-state index in [1.54, 1.807) is 55.5 Å². The molecule has 114 valence electrons. The monoisotopic (exact) mass is 298 g/mol. The molecule has 0 saturated heterocycles. The maximum atomic E-state index is 12.4. The highest BCUT2D eigenvalue weighted by Gasteiger charge is 2.23.